The molecule has 0 bridgehead atoms. The first kappa shape index (κ1) is 21.0. The van der Waals surface area contributed by atoms with E-state index in [1.54, 1.807) is 18.3 Å². The molecule has 0 unspecified atom stereocenters. The predicted octanol–water partition coefficient (Wildman–Crippen LogP) is 6.86. The molecular weight excluding hydrogens is 451 g/mol. The van der Waals surface area contributed by atoms with Gasteiger partial charge in [-0.1, -0.05) is 36.4 Å². The number of phenolic OH excluding ortho intramolecular Hbond substituents is 1. The van der Waals surface area contributed by atoms with Crippen molar-refractivity contribution in [2.75, 3.05) is 0 Å². The van der Waals surface area contributed by atoms with Crippen LogP contribution in [-0.2, 0) is 23.5 Å². The van der Waals surface area contributed by atoms with Crippen molar-refractivity contribution in [1.29, 1.82) is 0 Å². The number of phenols is 1. The van der Waals surface area contributed by atoms with E-state index < -0.39 is 17.0 Å². The van der Waals surface area contributed by atoms with E-state index in [-0.39, 0.29) is 5.75 Å². The molecule has 1 aliphatic carbocycles. The normalized spacial score (nSPS) is 11.0. The summed E-state index contributed by atoms with van der Waals surface area (Å²) < 4.78 is 0. The third-order valence-corrected chi connectivity index (χ3v) is 4.99. The molecule has 148 valence electrons. The first-order valence-corrected chi connectivity index (χ1v) is 13.6. The summed E-state index contributed by atoms with van der Waals surface area (Å²) in [4.78, 5) is 7.54. The van der Waals surface area contributed by atoms with Gasteiger partial charge in [0.2, 0.25) is 0 Å². The van der Waals surface area contributed by atoms with Gasteiger partial charge in [-0.3, -0.25) is 4.98 Å². The second-order valence-corrected chi connectivity index (χ2v) is 9.27. The number of aromatic hydroxyl groups is 1. The third kappa shape index (κ3) is 4.26. The fraction of sp³-hybridized carbons (Fsp3) is 0.0417. The van der Waals surface area contributed by atoms with Gasteiger partial charge in [0.15, 0.2) is 0 Å². The van der Waals surface area contributed by atoms with Gasteiger partial charge in [-0.25, -0.2) is 0 Å². The van der Waals surface area contributed by atoms with Crippen LogP contribution in [0.25, 0.3) is 33.1 Å². The molecular formula is C24H17Cl2N2OTi-. The second-order valence-electron chi connectivity index (χ2n) is 6.69. The Bertz CT molecular complexity index is 1300. The van der Waals surface area contributed by atoms with Gasteiger partial charge in [-0.15, -0.1) is 11.1 Å². The number of pyridine rings is 1. The number of hydrogen-bond acceptors (Lipinski definition) is 2. The molecule has 0 saturated heterocycles. The van der Waals surface area contributed by atoms with Gasteiger partial charge < -0.3 is 10.1 Å². The summed E-state index contributed by atoms with van der Waals surface area (Å²) in [6, 6.07) is 27.2. The van der Waals surface area contributed by atoms with Gasteiger partial charge >= 0.3 is 35.6 Å². The average molecular weight is 468 g/mol. The summed E-state index contributed by atoms with van der Waals surface area (Å²) in [5.41, 5.74) is 7.24. The molecule has 3 aromatic carbocycles. The number of H-pyrrole nitrogens is 1. The number of nitrogens with zero attached hydrogens (tertiary/aromatic N) is 1. The minimum atomic E-state index is -0.556. The Morgan fingerprint density at radius 2 is 1.77 bits per heavy atom. The van der Waals surface area contributed by atoms with E-state index >= 15 is 0 Å². The van der Waals surface area contributed by atoms with Gasteiger partial charge in [0.1, 0.15) is 11.3 Å². The van der Waals surface area contributed by atoms with E-state index in [1.165, 1.54) is 33.3 Å². The molecule has 2 N–H and O–H groups in total. The van der Waals surface area contributed by atoms with E-state index in [2.05, 4.69) is 52.4 Å². The van der Waals surface area contributed by atoms with Gasteiger partial charge in [0, 0.05) is 22.5 Å². The molecule has 30 heavy (non-hydrogen) atoms. The van der Waals surface area contributed by atoms with Crippen LogP contribution in [0.2, 0.25) is 0 Å². The van der Waals surface area contributed by atoms with E-state index in [4.69, 9.17) is 18.6 Å². The van der Waals surface area contributed by atoms with Crippen LogP contribution in [0.4, 0.5) is 0 Å². The summed E-state index contributed by atoms with van der Waals surface area (Å²) in [5, 5.41) is 11.6. The number of rotatable bonds is 0. The van der Waals surface area contributed by atoms with E-state index in [0.29, 0.717) is 5.52 Å². The number of aromatic nitrogens is 2. The maximum Gasteiger partial charge on any atom is 0.0453 e. The molecule has 2 aromatic heterocycles. The smallest absolute Gasteiger partial charge is 0.0453 e. The molecule has 0 amide bonds. The molecule has 6 rings (SSSR count). The van der Waals surface area contributed by atoms with Crippen LogP contribution in [0.1, 0.15) is 11.1 Å². The fourth-order valence-electron chi connectivity index (χ4n) is 3.73. The van der Waals surface area contributed by atoms with Crippen LogP contribution in [0.5, 0.6) is 5.75 Å². The van der Waals surface area contributed by atoms with Crippen LogP contribution in [0.15, 0.2) is 79.0 Å². The molecule has 3 nitrogen and oxygen atoms in total. The van der Waals surface area contributed by atoms with Crippen molar-refractivity contribution >= 4 is 40.4 Å². The Hall–Kier alpha value is -2.30. The fourth-order valence-corrected chi connectivity index (χ4v) is 3.73. The summed E-state index contributed by atoms with van der Waals surface area (Å²) in [7, 11) is 9.78. The summed E-state index contributed by atoms with van der Waals surface area (Å²) in [6.45, 7) is 0. The second kappa shape index (κ2) is 9.67. The monoisotopic (exact) mass is 467 g/mol. The molecule has 0 spiro atoms. The Balaban J connectivity index is 0.000000136. The molecule has 2 heterocycles. The third-order valence-electron chi connectivity index (χ3n) is 4.99. The van der Waals surface area contributed by atoms with Gasteiger partial charge in [-0.2, -0.15) is 24.3 Å². The van der Waals surface area contributed by atoms with Crippen LogP contribution >= 0.6 is 18.6 Å². The topological polar surface area (TPSA) is 48.9 Å². The SMILES string of the molecule is Oc1cccc2cccnc12.[Cl][Ti][Cl].[c-]1cccc2c1Cc1c-2[nH]c2ccccc12. The van der Waals surface area contributed by atoms with Crippen molar-refractivity contribution in [2.24, 2.45) is 0 Å². The number of para-hydroxylation sites is 2. The van der Waals surface area contributed by atoms with Crippen LogP contribution in [0.3, 0.4) is 0 Å². The Morgan fingerprint density at radius 1 is 0.967 bits per heavy atom. The van der Waals surface area contributed by atoms with Crippen molar-refractivity contribution in [3.63, 3.8) is 0 Å². The van der Waals surface area contributed by atoms with E-state index in [1.807, 2.05) is 24.3 Å². The van der Waals surface area contributed by atoms with Crippen molar-refractivity contribution in [3.05, 3.63) is 96.2 Å². The summed E-state index contributed by atoms with van der Waals surface area (Å²) >= 11 is -0.556. The number of halogens is 2. The number of aromatic amines is 1. The largest absolute Gasteiger partial charge is 0.365 e. The molecule has 0 saturated carbocycles. The van der Waals surface area contributed by atoms with Gasteiger partial charge in [0.05, 0.1) is 0 Å². The number of fused-ring (bicyclic) bond motifs is 6. The number of benzene rings is 3. The first-order chi connectivity index (χ1) is 14.7. The first-order valence-electron chi connectivity index (χ1n) is 9.31. The molecule has 0 aliphatic heterocycles. The molecule has 0 fully saturated rings. The summed E-state index contributed by atoms with van der Waals surface area (Å²) in [5.74, 6) is 0.239. The number of hydrogen-bond donors (Lipinski definition) is 2. The standard InChI is InChI=1S/C15H10N.C9H7NO.2ClH.Ti/c1-2-6-11-10(5-1)9-13-12-7-3-4-8-14(12)16-15(11)13;11-8-5-1-3-7-4-2-6-10-9(7)8;;;/h1-4,6-8,16H,9H2;1-6,11H;2*1H;/q-1;;;;+2/p-2. The van der Waals surface area contributed by atoms with Crippen molar-refractivity contribution in [1.82, 2.24) is 9.97 Å². The van der Waals surface area contributed by atoms with Gasteiger partial charge in [0.25, 0.3) is 0 Å². The van der Waals surface area contributed by atoms with Crippen LogP contribution in [0, 0.1) is 6.07 Å². The van der Waals surface area contributed by atoms with Gasteiger partial charge in [-0.05, 0) is 35.9 Å². The predicted molar refractivity (Wildman–Crippen MR) is 120 cm³/mol. The van der Waals surface area contributed by atoms with Crippen molar-refractivity contribution in [3.8, 4) is 17.0 Å². The zero-order chi connectivity index (χ0) is 20.9. The Kier molecular flexibility index (Phi) is 6.76. The van der Waals surface area contributed by atoms with Crippen LogP contribution < -0.4 is 0 Å². The molecule has 5 aromatic rings. The van der Waals surface area contributed by atoms with Crippen molar-refractivity contribution in [2.45, 2.75) is 6.42 Å². The maximum atomic E-state index is 9.31. The average Bonchev–Trinajstić information content (AvgIpc) is 3.32. The van der Waals surface area contributed by atoms with E-state index in [9.17, 15) is 5.11 Å². The minimum absolute atomic E-state index is 0.239. The van der Waals surface area contributed by atoms with E-state index in [0.717, 1.165) is 11.8 Å². The van der Waals surface area contributed by atoms with Crippen LogP contribution in [-0.4, -0.2) is 15.1 Å². The molecule has 0 atom stereocenters. The minimum Gasteiger partial charge on any atom is -0.365 e. The Morgan fingerprint density at radius 3 is 2.60 bits per heavy atom. The number of nitrogens with one attached hydrogen (secondary N) is 1. The zero-order valence-electron chi connectivity index (χ0n) is 15.9. The zero-order valence-corrected chi connectivity index (χ0v) is 18.9. The van der Waals surface area contributed by atoms with Crippen molar-refractivity contribution < 1.29 is 22.1 Å². The summed E-state index contributed by atoms with van der Waals surface area (Å²) in [6.07, 6.45) is 2.68. The molecule has 6 heteroatoms. The maximum absolute atomic E-state index is 9.31. The Labute approximate surface area is 191 Å². The molecule has 1 aliphatic rings. The molecule has 0 radical (unpaired) electrons. The quantitative estimate of drug-likeness (QED) is 0.189.